The molecule has 0 radical (unpaired) electrons. The Morgan fingerprint density at radius 3 is 2.82 bits per heavy atom. The zero-order valence-electron chi connectivity index (χ0n) is 17.9. The van der Waals surface area contributed by atoms with Crippen molar-refractivity contribution in [3.63, 3.8) is 0 Å². The predicted octanol–water partition coefficient (Wildman–Crippen LogP) is 3.12. The molecule has 2 heterocycles. The smallest absolute Gasteiger partial charge is 0.246 e. The standard InChI is InChI=1S/C22H23ClN4O5S/c1-31-18-6-2-4-15(12-18)21-25-20(32-26-21)13-24-22(28)16-5-3-11-27(14-16)33(29,30)19-9-7-17(23)8-10-19/h2,4,6-10,12,16H,3,5,11,13-14H2,1H3,(H,24,28)/t16-/m0/s1. The number of carbonyl (C=O) groups excluding carboxylic acids is 1. The van der Waals surface area contributed by atoms with Crippen LogP contribution in [0.15, 0.2) is 57.9 Å². The Bertz CT molecular complexity index is 1230. The number of hydrogen-bond acceptors (Lipinski definition) is 7. The van der Waals surface area contributed by atoms with Crippen LogP contribution in [0.4, 0.5) is 0 Å². The molecule has 1 aromatic heterocycles. The fourth-order valence-corrected chi connectivity index (χ4v) is 5.29. The number of nitrogens with one attached hydrogen (secondary N) is 1. The highest BCUT2D eigenvalue weighted by Gasteiger charge is 2.33. The summed E-state index contributed by atoms with van der Waals surface area (Å²) in [6.07, 6.45) is 1.18. The van der Waals surface area contributed by atoms with Crippen molar-refractivity contribution in [3.05, 3.63) is 59.4 Å². The first-order chi connectivity index (χ1) is 15.9. The van der Waals surface area contributed by atoms with Gasteiger partial charge in [0, 0.05) is 23.7 Å². The molecular formula is C22H23ClN4O5S. The lowest BCUT2D eigenvalue weighted by atomic mass is 9.99. The molecule has 0 aliphatic carbocycles. The number of halogens is 1. The Hall–Kier alpha value is -2.95. The van der Waals surface area contributed by atoms with E-state index in [4.69, 9.17) is 20.9 Å². The Morgan fingerprint density at radius 1 is 1.27 bits per heavy atom. The minimum absolute atomic E-state index is 0.0518. The third-order valence-corrected chi connectivity index (χ3v) is 7.55. The lowest BCUT2D eigenvalue weighted by Gasteiger charge is -2.31. The highest BCUT2D eigenvalue weighted by atomic mass is 35.5. The van der Waals surface area contributed by atoms with Gasteiger partial charge in [0.25, 0.3) is 0 Å². The van der Waals surface area contributed by atoms with E-state index in [2.05, 4.69) is 15.5 Å². The van der Waals surface area contributed by atoms with E-state index in [-0.39, 0.29) is 29.8 Å². The van der Waals surface area contributed by atoms with Crippen molar-refractivity contribution in [1.82, 2.24) is 19.8 Å². The highest BCUT2D eigenvalue weighted by molar-refractivity contribution is 7.89. The van der Waals surface area contributed by atoms with Crippen LogP contribution < -0.4 is 10.1 Å². The summed E-state index contributed by atoms with van der Waals surface area (Å²) in [7, 11) is -2.13. The number of hydrogen-bond donors (Lipinski definition) is 1. The summed E-state index contributed by atoms with van der Waals surface area (Å²) in [5, 5.41) is 7.18. The van der Waals surface area contributed by atoms with Crippen LogP contribution in [0.25, 0.3) is 11.4 Å². The van der Waals surface area contributed by atoms with Crippen molar-refractivity contribution in [1.29, 1.82) is 0 Å². The number of nitrogens with zero attached hydrogens (tertiary/aromatic N) is 3. The van der Waals surface area contributed by atoms with E-state index in [1.165, 1.54) is 28.6 Å². The fourth-order valence-electron chi connectivity index (χ4n) is 3.64. The number of benzene rings is 2. The fraction of sp³-hybridized carbons (Fsp3) is 0.318. The molecule has 0 unspecified atom stereocenters. The highest BCUT2D eigenvalue weighted by Crippen LogP contribution is 2.25. The molecule has 1 atom stereocenters. The molecule has 0 spiro atoms. The summed E-state index contributed by atoms with van der Waals surface area (Å²) in [6, 6.07) is 13.2. The third kappa shape index (κ3) is 5.35. The van der Waals surface area contributed by atoms with Crippen LogP contribution in [0.5, 0.6) is 5.75 Å². The molecule has 174 valence electrons. The normalized spacial score (nSPS) is 17.0. The Morgan fingerprint density at radius 2 is 2.06 bits per heavy atom. The summed E-state index contributed by atoms with van der Waals surface area (Å²) in [5.41, 5.74) is 0.728. The molecule has 1 aliphatic rings. The van der Waals surface area contributed by atoms with Crippen molar-refractivity contribution in [2.45, 2.75) is 24.3 Å². The minimum Gasteiger partial charge on any atom is -0.497 e. The van der Waals surface area contributed by atoms with Crippen LogP contribution in [0.3, 0.4) is 0 Å². The number of amides is 1. The van der Waals surface area contributed by atoms with Crippen molar-refractivity contribution in [2.75, 3.05) is 20.2 Å². The molecule has 0 saturated carbocycles. The quantitative estimate of drug-likeness (QED) is 0.541. The van der Waals surface area contributed by atoms with Gasteiger partial charge in [0.05, 0.1) is 24.5 Å². The van der Waals surface area contributed by atoms with Crippen LogP contribution in [0, 0.1) is 5.92 Å². The molecule has 33 heavy (non-hydrogen) atoms. The monoisotopic (exact) mass is 490 g/mol. The number of methoxy groups -OCH3 is 1. The first-order valence-electron chi connectivity index (χ1n) is 10.4. The molecular weight excluding hydrogens is 468 g/mol. The number of sulfonamides is 1. The van der Waals surface area contributed by atoms with E-state index in [9.17, 15) is 13.2 Å². The number of rotatable bonds is 7. The third-order valence-electron chi connectivity index (χ3n) is 5.42. The van der Waals surface area contributed by atoms with E-state index in [1.54, 1.807) is 13.2 Å². The molecule has 4 rings (SSSR count). The van der Waals surface area contributed by atoms with Crippen LogP contribution in [0.1, 0.15) is 18.7 Å². The lowest BCUT2D eigenvalue weighted by Crippen LogP contribution is -2.45. The lowest BCUT2D eigenvalue weighted by molar-refractivity contribution is -0.126. The maximum atomic E-state index is 12.9. The molecule has 0 bridgehead atoms. The largest absolute Gasteiger partial charge is 0.497 e. The average Bonchev–Trinajstić information content (AvgIpc) is 3.32. The molecule has 11 heteroatoms. The van der Waals surface area contributed by atoms with Gasteiger partial charge < -0.3 is 14.6 Å². The topological polar surface area (TPSA) is 115 Å². The predicted molar refractivity (Wildman–Crippen MR) is 121 cm³/mol. The first-order valence-corrected chi connectivity index (χ1v) is 12.2. The van der Waals surface area contributed by atoms with E-state index in [0.29, 0.717) is 36.0 Å². The van der Waals surface area contributed by atoms with Crippen LogP contribution in [-0.2, 0) is 21.4 Å². The molecule has 1 saturated heterocycles. The Labute approximate surface area is 196 Å². The zero-order chi connectivity index (χ0) is 23.4. The van der Waals surface area contributed by atoms with Gasteiger partial charge in [-0.15, -0.1) is 0 Å². The van der Waals surface area contributed by atoms with Gasteiger partial charge in [0.2, 0.25) is 27.6 Å². The summed E-state index contributed by atoms with van der Waals surface area (Å²) in [6.45, 7) is 0.522. The maximum Gasteiger partial charge on any atom is 0.246 e. The van der Waals surface area contributed by atoms with Gasteiger partial charge in [-0.1, -0.05) is 28.9 Å². The van der Waals surface area contributed by atoms with Crippen molar-refractivity contribution < 1.29 is 22.5 Å². The summed E-state index contributed by atoms with van der Waals surface area (Å²) >= 11 is 5.86. The Balaban J connectivity index is 1.37. The van der Waals surface area contributed by atoms with Crippen molar-refractivity contribution in [2.24, 2.45) is 5.92 Å². The van der Waals surface area contributed by atoms with E-state index < -0.39 is 15.9 Å². The molecule has 9 nitrogen and oxygen atoms in total. The average molecular weight is 491 g/mol. The molecule has 3 aromatic rings. The molecule has 1 fully saturated rings. The van der Waals surface area contributed by atoms with E-state index >= 15 is 0 Å². The van der Waals surface area contributed by atoms with Gasteiger partial charge in [0.1, 0.15) is 5.75 Å². The summed E-state index contributed by atoms with van der Waals surface area (Å²) in [5.74, 6) is 0.579. The zero-order valence-corrected chi connectivity index (χ0v) is 19.5. The van der Waals surface area contributed by atoms with Crippen molar-refractivity contribution in [3.8, 4) is 17.1 Å². The van der Waals surface area contributed by atoms with Gasteiger partial charge in [-0.2, -0.15) is 9.29 Å². The molecule has 2 aromatic carbocycles. The maximum absolute atomic E-state index is 12.9. The second kappa shape index (κ2) is 9.90. The van der Waals surface area contributed by atoms with E-state index in [0.717, 1.165) is 5.56 Å². The van der Waals surface area contributed by atoms with E-state index in [1.807, 2.05) is 18.2 Å². The molecule has 1 N–H and O–H groups in total. The molecule has 1 amide bonds. The molecule has 1 aliphatic heterocycles. The summed E-state index contributed by atoms with van der Waals surface area (Å²) < 4.78 is 37.7. The van der Waals surface area contributed by atoms with Gasteiger partial charge in [-0.3, -0.25) is 4.79 Å². The summed E-state index contributed by atoms with van der Waals surface area (Å²) in [4.78, 5) is 17.2. The number of carbonyl (C=O) groups is 1. The van der Waals surface area contributed by atoms with Gasteiger partial charge in [-0.05, 0) is 49.2 Å². The number of aromatic nitrogens is 2. The van der Waals surface area contributed by atoms with Gasteiger partial charge in [0.15, 0.2) is 0 Å². The first kappa shape index (κ1) is 23.2. The number of ether oxygens (including phenoxy) is 1. The SMILES string of the molecule is COc1cccc(-c2noc(CNC(=O)[C@H]3CCCN(S(=O)(=O)c4ccc(Cl)cc4)C3)n2)c1. The second-order valence-corrected chi connectivity index (χ2v) is 9.99. The van der Waals surface area contributed by atoms with Crippen LogP contribution >= 0.6 is 11.6 Å². The minimum atomic E-state index is -3.70. The van der Waals surface area contributed by atoms with Crippen LogP contribution in [0.2, 0.25) is 5.02 Å². The Kier molecular flexibility index (Phi) is 6.96. The van der Waals surface area contributed by atoms with Gasteiger partial charge in [-0.25, -0.2) is 8.42 Å². The van der Waals surface area contributed by atoms with Crippen molar-refractivity contribution >= 4 is 27.5 Å². The second-order valence-electron chi connectivity index (χ2n) is 7.62. The van der Waals surface area contributed by atoms with Gasteiger partial charge >= 0.3 is 0 Å². The van der Waals surface area contributed by atoms with Crippen LogP contribution in [-0.4, -0.2) is 49.0 Å². The number of piperidine rings is 1.